The molecule has 4 heteroatoms. The molecule has 0 fully saturated rings. The van der Waals surface area contributed by atoms with Crippen LogP contribution in [0.15, 0.2) is 24.3 Å². The number of aliphatic hydroxyl groups excluding tert-OH is 1. The average Bonchev–Trinajstić information content (AvgIpc) is 2.34. The van der Waals surface area contributed by atoms with E-state index in [-0.39, 0.29) is 6.04 Å². The van der Waals surface area contributed by atoms with E-state index < -0.39 is 6.10 Å². The van der Waals surface area contributed by atoms with Gasteiger partial charge in [0.25, 0.3) is 0 Å². The van der Waals surface area contributed by atoms with Crippen molar-refractivity contribution in [2.75, 3.05) is 18.6 Å². The number of hydrogen-bond acceptors (Lipinski definition) is 4. The molecule has 1 rings (SSSR count). The second kappa shape index (κ2) is 7.58. The molecule has 0 spiro atoms. The van der Waals surface area contributed by atoms with Crippen LogP contribution < -0.4 is 10.5 Å². The minimum atomic E-state index is -0.441. The van der Waals surface area contributed by atoms with Gasteiger partial charge in [-0.2, -0.15) is 11.8 Å². The lowest BCUT2D eigenvalue weighted by Crippen LogP contribution is -2.15. The Hall–Kier alpha value is -0.710. The Bertz CT molecular complexity index is 331. The lowest BCUT2D eigenvalue weighted by molar-refractivity contribution is 0.203. The van der Waals surface area contributed by atoms with E-state index in [1.165, 1.54) is 0 Å². The van der Waals surface area contributed by atoms with Crippen LogP contribution in [0.3, 0.4) is 0 Å². The van der Waals surface area contributed by atoms with E-state index in [1.807, 2.05) is 31.2 Å². The van der Waals surface area contributed by atoms with E-state index in [4.69, 9.17) is 10.5 Å². The Morgan fingerprint density at radius 3 is 2.88 bits per heavy atom. The van der Waals surface area contributed by atoms with Crippen LogP contribution in [0.1, 0.15) is 25.0 Å². The zero-order valence-corrected chi connectivity index (χ0v) is 11.2. The van der Waals surface area contributed by atoms with E-state index >= 15 is 0 Å². The van der Waals surface area contributed by atoms with Crippen molar-refractivity contribution in [1.29, 1.82) is 0 Å². The first kappa shape index (κ1) is 14.4. The zero-order chi connectivity index (χ0) is 12.7. The number of benzene rings is 1. The van der Waals surface area contributed by atoms with Gasteiger partial charge in [-0.1, -0.05) is 12.1 Å². The highest BCUT2D eigenvalue weighted by Gasteiger charge is 2.08. The molecule has 0 amide bonds. The number of hydrogen-bond donors (Lipinski definition) is 2. The van der Waals surface area contributed by atoms with Crippen LogP contribution in [0.2, 0.25) is 0 Å². The molecule has 0 heterocycles. The first-order valence-electron chi connectivity index (χ1n) is 5.79. The first-order valence-corrected chi connectivity index (χ1v) is 6.94. The number of rotatable bonds is 7. The summed E-state index contributed by atoms with van der Waals surface area (Å²) in [5, 5.41) is 10.00. The summed E-state index contributed by atoms with van der Waals surface area (Å²) in [4.78, 5) is 0. The van der Waals surface area contributed by atoms with Crippen molar-refractivity contribution in [2.45, 2.75) is 25.5 Å². The Balaban J connectivity index is 2.38. The van der Waals surface area contributed by atoms with Crippen LogP contribution in [0.25, 0.3) is 0 Å². The maximum Gasteiger partial charge on any atom is 0.119 e. The van der Waals surface area contributed by atoms with Gasteiger partial charge in [0.05, 0.1) is 13.2 Å². The molecule has 0 bridgehead atoms. The van der Waals surface area contributed by atoms with Crippen LogP contribution in [-0.2, 0) is 0 Å². The largest absolute Gasteiger partial charge is 0.497 e. The van der Waals surface area contributed by atoms with Gasteiger partial charge in [0.15, 0.2) is 0 Å². The number of ether oxygens (including phenoxy) is 1. The SMILES string of the molecule is COc1cccc(C(O)CSCCC(C)N)c1. The molecule has 17 heavy (non-hydrogen) atoms. The van der Waals surface area contributed by atoms with Gasteiger partial charge in [-0.3, -0.25) is 0 Å². The zero-order valence-electron chi connectivity index (χ0n) is 10.4. The minimum absolute atomic E-state index is 0.233. The predicted molar refractivity (Wildman–Crippen MR) is 73.5 cm³/mol. The Morgan fingerprint density at radius 2 is 2.24 bits per heavy atom. The van der Waals surface area contributed by atoms with Crippen molar-refractivity contribution in [3.8, 4) is 5.75 Å². The van der Waals surface area contributed by atoms with E-state index in [0.717, 1.165) is 23.5 Å². The first-order chi connectivity index (χ1) is 8.13. The molecule has 3 N–H and O–H groups in total. The van der Waals surface area contributed by atoms with E-state index in [2.05, 4.69) is 0 Å². The molecule has 0 radical (unpaired) electrons. The lowest BCUT2D eigenvalue weighted by atomic mass is 10.1. The van der Waals surface area contributed by atoms with Crippen LogP contribution in [-0.4, -0.2) is 29.8 Å². The van der Waals surface area contributed by atoms with Crippen LogP contribution in [0.5, 0.6) is 5.75 Å². The fraction of sp³-hybridized carbons (Fsp3) is 0.538. The summed E-state index contributed by atoms with van der Waals surface area (Å²) in [6, 6.07) is 7.79. The Morgan fingerprint density at radius 1 is 1.47 bits per heavy atom. The van der Waals surface area contributed by atoms with Gasteiger partial charge in [-0.25, -0.2) is 0 Å². The van der Waals surface area contributed by atoms with E-state index in [9.17, 15) is 5.11 Å². The molecular formula is C13H21NO2S. The Kier molecular flexibility index (Phi) is 6.40. The van der Waals surface area contributed by atoms with Crippen LogP contribution in [0.4, 0.5) is 0 Å². The highest BCUT2D eigenvalue weighted by atomic mass is 32.2. The van der Waals surface area contributed by atoms with Crippen molar-refractivity contribution in [3.63, 3.8) is 0 Å². The molecule has 3 nitrogen and oxygen atoms in total. The molecule has 0 aromatic heterocycles. The van der Waals surface area contributed by atoms with Crippen LogP contribution >= 0.6 is 11.8 Å². The van der Waals surface area contributed by atoms with E-state index in [1.54, 1.807) is 18.9 Å². The summed E-state index contributed by atoms with van der Waals surface area (Å²) in [5.74, 6) is 2.46. The summed E-state index contributed by atoms with van der Waals surface area (Å²) in [7, 11) is 1.63. The Labute approximate surface area is 107 Å². The molecular weight excluding hydrogens is 234 g/mol. The molecule has 2 unspecified atom stereocenters. The van der Waals surface area contributed by atoms with Gasteiger partial charge in [0, 0.05) is 11.8 Å². The van der Waals surface area contributed by atoms with Gasteiger partial charge in [0.1, 0.15) is 5.75 Å². The maximum absolute atomic E-state index is 10.00. The number of methoxy groups -OCH3 is 1. The topological polar surface area (TPSA) is 55.5 Å². The molecule has 1 aromatic rings. The fourth-order valence-electron chi connectivity index (χ4n) is 1.41. The average molecular weight is 255 g/mol. The summed E-state index contributed by atoms with van der Waals surface area (Å²) < 4.78 is 5.13. The molecule has 96 valence electrons. The predicted octanol–water partition coefficient (Wildman–Crippen LogP) is 2.20. The third-order valence-corrected chi connectivity index (χ3v) is 3.55. The van der Waals surface area contributed by atoms with Crippen molar-refractivity contribution in [2.24, 2.45) is 5.73 Å². The second-order valence-corrected chi connectivity index (χ2v) is 5.28. The smallest absolute Gasteiger partial charge is 0.119 e. The van der Waals surface area contributed by atoms with Gasteiger partial charge in [0.2, 0.25) is 0 Å². The van der Waals surface area contributed by atoms with Gasteiger partial charge in [-0.15, -0.1) is 0 Å². The summed E-state index contributed by atoms with van der Waals surface area (Å²) in [6.45, 7) is 2.00. The van der Waals surface area contributed by atoms with Gasteiger partial charge < -0.3 is 15.6 Å². The molecule has 0 aliphatic carbocycles. The molecule has 0 saturated carbocycles. The van der Waals surface area contributed by atoms with Crippen molar-refractivity contribution in [1.82, 2.24) is 0 Å². The second-order valence-electron chi connectivity index (χ2n) is 4.13. The third-order valence-electron chi connectivity index (χ3n) is 2.47. The van der Waals surface area contributed by atoms with Crippen LogP contribution in [0, 0.1) is 0 Å². The molecule has 2 atom stereocenters. The lowest BCUT2D eigenvalue weighted by Gasteiger charge is -2.12. The molecule has 0 saturated heterocycles. The third kappa shape index (κ3) is 5.44. The fourth-order valence-corrected chi connectivity index (χ4v) is 2.53. The number of nitrogens with two attached hydrogens (primary N) is 1. The van der Waals surface area contributed by atoms with Gasteiger partial charge >= 0.3 is 0 Å². The highest BCUT2D eigenvalue weighted by Crippen LogP contribution is 2.22. The summed E-state index contributed by atoms with van der Waals surface area (Å²) in [5.41, 5.74) is 6.57. The normalized spacial score (nSPS) is 14.4. The van der Waals surface area contributed by atoms with Crippen molar-refractivity contribution >= 4 is 11.8 Å². The highest BCUT2D eigenvalue weighted by molar-refractivity contribution is 7.99. The van der Waals surface area contributed by atoms with Gasteiger partial charge in [-0.05, 0) is 36.8 Å². The van der Waals surface area contributed by atoms with Crippen molar-refractivity contribution in [3.05, 3.63) is 29.8 Å². The molecule has 1 aromatic carbocycles. The standard InChI is InChI=1S/C13H21NO2S/c1-10(14)6-7-17-9-13(15)11-4-3-5-12(8-11)16-2/h3-5,8,10,13,15H,6-7,9,14H2,1-2H3. The summed E-state index contributed by atoms with van der Waals surface area (Å²) >= 11 is 1.73. The number of thioether (sulfide) groups is 1. The molecule has 0 aliphatic heterocycles. The van der Waals surface area contributed by atoms with E-state index in [0.29, 0.717) is 5.75 Å². The quantitative estimate of drug-likeness (QED) is 0.733. The number of aliphatic hydroxyl groups is 1. The minimum Gasteiger partial charge on any atom is -0.497 e. The summed E-state index contributed by atoms with van der Waals surface area (Å²) in [6.07, 6.45) is 0.540. The molecule has 0 aliphatic rings. The maximum atomic E-state index is 10.00. The monoisotopic (exact) mass is 255 g/mol. The van der Waals surface area contributed by atoms with Crippen molar-refractivity contribution < 1.29 is 9.84 Å².